The first-order valence-electron chi connectivity index (χ1n) is 9.21. The minimum absolute atomic E-state index is 0.416. The van der Waals surface area contributed by atoms with E-state index in [2.05, 4.69) is 5.32 Å². The Morgan fingerprint density at radius 3 is 2.54 bits per heavy atom. The molecule has 8 heteroatoms. The Morgan fingerprint density at radius 2 is 1.93 bits per heavy atom. The van der Waals surface area contributed by atoms with E-state index in [1.165, 1.54) is 4.90 Å². The van der Waals surface area contributed by atoms with Gasteiger partial charge in [0.1, 0.15) is 11.6 Å². The van der Waals surface area contributed by atoms with Gasteiger partial charge in [0, 0.05) is 6.54 Å². The predicted molar refractivity (Wildman–Crippen MR) is 106 cm³/mol. The number of hydrogen-bond acceptors (Lipinski definition) is 5. The van der Waals surface area contributed by atoms with Crippen molar-refractivity contribution < 1.29 is 23.9 Å². The zero-order valence-electron chi connectivity index (χ0n) is 16.9. The van der Waals surface area contributed by atoms with E-state index in [4.69, 9.17) is 21.1 Å². The van der Waals surface area contributed by atoms with Crippen LogP contribution in [0.4, 0.5) is 10.5 Å². The van der Waals surface area contributed by atoms with E-state index in [1.807, 2.05) is 19.9 Å². The Balaban J connectivity index is 1.92. The van der Waals surface area contributed by atoms with Crippen LogP contribution in [0.25, 0.3) is 0 Å². The first-order chi connectivity index (χ1) is 13.0. The summed E-state index contributed by atoms with van der Waals surface area (Å²) in [5.41, 5.74) is 1.63. The second kappa shape index (κ2) is 8.82. The molecular weight excluding hydrogens is 384 g/mol. The second-order valence-corrected chi connectivity index (χ2v) is 8.33. The number of esters is 1. The number of amides is 2. The summed E-state index contributed by atoms with van der Waals surface area (Å²) in [7, 11) is 0. The summed E-state index contributed by atoms with van der Waals surface area (Å²) < 4.78 is 10.5. The molecule has 1 aromatic carbocycles. The average Bonchev–Trinajstić information content (AvgIpc) is 3.04. The molecule has 28 heavy (non-hydrogen) atoms. The van der Waals surface area contributed by atoms with Crippen LogP contribution in [0.3, 0.4) is 0 Å². The standard InChI is InChI=1S/C20H27ClN2O5/c1-12-9-13(2)17(14(21)10-12)22-16(24)11-27-18(25)15-7-6-8-23(15)19(26)28-20(3,4)5/h9-10,15H,6-8,11H2,1-5H3,(H,22,24)/t15-/m0/s1. The molecule has 7 nitrogen and oxygen atoms in total. The molecular formula is C20H27ClN2O5. The van der Waals surface area contributed by atoms with Crippen molar-refractivity contribution in [3.8, 4) is 0 Å². The molecule has 154 valence electrons. The van der Waals surface area contributed by atoms with Crippen molar-refractivity contribution in [2.24, 2.45) is 0 Å². The minimum Gasteiger partial charge on any atom is -0.454 e. The van der Waals surface area contributed by atoms with Crippen molar-refractivity contribution in [3.05, 3.63) is 28.3 Å². The molecule has 1 saturated heterocycles. The average molecular weight is 411 g/mol. The monoisotopic (exact) mass is 410 g/mol. The van der Waals surface area contributed by atoms with Gasteiger partial charge in [-0.1, -0.05) is 17.7 Å². The number of carbonyl (C=O) groups is 3. The molecule has 0 radical (unpaired) electrons. The van der Waals surface area contributed by atoms with E-state index >= 15 is 0 Å². The molecule has 1 N–H and O–H groups in total. The summed E-state index contributed by atoms with van der Waals surface area (Å²) in [4.78, 5) is 38.2. The number of rotatable bonds is 4. The first kappa shape index (κ1) is 22.0. The number of ether oxygens (including phenoxy) is 2. The number of likely N-dealkylation sites (tertiary alicyclic amines) is 1. The van der Waals surface area contributed by atoms with Crippen molar-refractivity contribution in [1.82, 2.24) is 4.90 Å². The maximum Gasteiger partial charge on any atom is 0.411 e. The number of nitrogens with zero attached hydrogens (tertiary/aromatic N) is 1. The minimum atomic E-state index is -0.743. The highest BCUT2D eigenvalue weighted by Crippen LogP contribution is 2.27. The third-order valence-corrected chi connectivity index (χ3v) is 4.49. The van der Waals surface area contributed by atoms with Crippen LogP contribution in [-0.4, -0.2) is 47.7 Å². The number of aryl methyl sites for hydroxylation is 2. The van der Waals surface area contributed by atoms with Gasteiger partial charge < -0.3 is 14.8 Å². The molecule has 1 aromatic rings. The third-order valence-electron chi connectivity index (χ3n) is 4.19. The molecule has 1 heterocycles. The quantitative estimate of drug-likeness (QED) is 0.762. The molecule has 1 atom stereocenters. The Hall–Kier alpha value is -2.28. The van der Waals surface area contributed by atoms with Gasteiger partial charge in [-0.05, 0) is 64.7 Å². The molecule has 1 aliphatic rings. The second-order valence-electron chi connectivity index (χ2n) is 7.93. The maximum atomic E-state index is 12.4. The van der Waals surface area contributed by atoms with Gasteiger partial charge in [-0.25, -0.2) is 9.59 Å². The predicted octanol–water partition coefficient (Wildman–Crippen LogP) is 3.84. The fraction of sp³-hybridized carbons (Fsp3) is 0.550. The molecule has 0 aromatic heterocycles. The van der Waals surface area contributed by atoms with Gasteiger partial charge in [-0.15, -0.1) is 0 Å². The summed E-state index contributed by atoms with van der Waals surface area (Å²) >= 11 is 6.17. The summed E-state index contributed by atoms with van der Waals surface area (Å²) in [5, 5.41) is 3.08. The SMILES string of the molecule is Cc1cc(C)c(NC(=O)COC(=O)[C@@H]2CCCN2C(=O)OC(C)(C)C)c(Cl)c1. The number of halogens is 1. The number of hydrogen-bond donors (Lipinski definition) is 1. The lowest BCUT2D eigenvalue weighted by Gasteiger charge is -2.27. The summed E-state index contributed by atoms with van der Waals surface area (Å²) in [6.07, 6.45) is 0.588. The lowest BCUT2D eigenvalue weighted by Crippen LogP contribution is -2.44. The molecule has 0 spiro atoms. The highest BCUT2D eigenvalue weighted by Gasteiger charge is 2.37. The number of carbonyl (C=O) groups excluding carboxylic acids is 3. The normalized spacial score (nSPS) is 16.6. The fourth-order valence-electron chi connectivity index (χ4n) is 3.03. The molecule has 0 saturated carbocycles. The molecule has 1 fully saturated rings. The number of anilines is 1. The van der Waals surface area contributed by atoms with E-state index in [-0.39, 0.29) is 0 Å². The Morgan fingerprint density at radius 1 is 1.25 bits per heavy atom. The topological polar surface area (TPSA) is 84.9 Å². The van der Waals surface area contributed by atoms with Gasteiger partial charge in [0.25, 0.3) is 5.91 Å². The van der Waals surface area contributed by atoms with Crippen LogP contribution in [0.1, 0.15) is 44.7 Å². The summed E-state index contributed by atoms with van der Waals surface area (Å²) in [6.45, 7) is 8.98. The van der Waals surface area contributed by atoms with Crippen LogP contribution in [0.5, 0.6) is 0 Å². The van der Waals surface area contributed by atoms with Crippen LogP contribution in [0.2, 0.25) is 5.02 Å². The van der Waals surface area contributed by atoms with E-state index in [1.54, 1.807) is 26.8 Å². The van der Waals surface area contributed by atoms with Crippen molar-refractivity contribution in [2.75, 3.05) is 18.5 Å². The lowest BCUT2D eigenvalue weighted by atomic mass is 10.1. The zero-order valence-corrected chi connectivity index (χ0v) is 17.7. The van der Waals surface area contributed by atoms with Crippen LogP contribution >= 0.6 is 11.6 Å². The summed E-state index contributed by atoms with van der Waals surface area (Å²) in [5.74, 6) is -1.12. The van der Waals surface area contributed by atoms with E-state index < -0.39 is 36.2 Å². The number of nitrogens with one attached hydrogen (secondary N) is 1. The third kappa shape index (κ3) is 5.86. The van der Waals surface area contributed by atoms with Crippen molar-refractivity contribution in [1.29, 1.82) is 0 Å². The van der Waals surface area contributed by atoms with Crippen molar-refractivity contribution >= 4 is 35.3 Å². The Labute approximate surface area is 170 Å². The summed E-state index contributed by atoms with van der Waals surface area (Å²) in [6, 6.07) is 2.89. The first-order valence-corrected chi connectivity index (χ1v) is 9.58. The van der Waals surface area contributed by atoms with Gasteiger partial charge in [0.05, 0.1) is 10.7 Å². The van der Waals surface area contributed by atoms with Gasteiger partial charge in [-0.3, -0.25) is 9.69 Å². The molecule has 0 unspecified atom stereocenters. The molecule has 0 bridgehead atoms. The Bertz CT molecular complexity index is 749. The fourth-order valence-corrected chi connectivity index (χ4v) is 3.40. The van der Waals surface area contributed by atoms with Gasteiger partial charge in [0.2, 0.25) is 0 Å². The van der Waals surface area contributed by atoms with Crippen LogP contribution in [0.15, 0.2) is 12.1 Å². The highest BCUT2D eigenvalue weighted by molar-refractivity contribution is 6.34. The molecule has 2 rings (SSSR count). The van der Waals surface area contributed by atoms with Crippen LogP contribution < -0.4 is 5.32 Å². The van der Waals surface area contributed by atoms with Gasteiger partial charge in [0.15, 0.2) is 6.61 Å². The van der Waals surface area contributed by atoms with Crippen molar-refractivity contribution in [3.63, 3.8) is 0 Å². The molecule has 0 aliphatic carbocycles. The largest absolute Gasteiger partial charge is 0.454 e. The molecule has 1 aliphatic heterocycles. The maximum absolute atomic E-state index is 12.4. The van der Waals surface area contributed by atoms with Crippen LogP contribution in [-0.2, 0) is 19.1 Å². The van der Waals surface area contributed by atoms with Gasteiger partial charge in [-0.2, -0.15) is 0 Å². The lowest BCUT2D eigenvalue weighted by molar-refractivity contribution is -0.151. The Kier molecular flexibility index (Phi) is 6.93. The highest BCUT2D eigenvalue weighted by atomic mass is 35.5. The van der Waals surface area contributed by atoms with E-state index in [9.17, 15) is 14.4 Å². The molecule has 2 amide bonds. The smallest absolute Gasteiger partial charge is 0.411 e. The van der Waals surface area contributed by atoms with Crippen molar-refractivity contribution in [2.45, 2.75) is 59.1 Å². The van der Waals surface area contributed by atoms with E-state index in [0.717, 1.165) is 11.1 Å². The zero-order chi connectivity index (χ0) is 21.1. The van der Waals surface area contributed by atoms with Crippen LogP contribution in [0, 0.1) is 13.8 Å². The number of benzene rings is 1. The van der Waals surface area contributed by atoms with Gasteiger partial charge >= 0.3 is 12.1 Å². The van der Waals surface area contributed by atoms with E-state index in [0.29, 0.717) is 30.1 Å².